The van der Waals surface area contributed by atoms with Crippen molar-refractivity contribution in [2.75, 3.05) is 13.7 Å². The monoisotopic (exact) mass is 242 g/mol. The SMILES string of the molecule is COCCCC(C)Sc1nnnn1C1CC1. The Balaban J connectivity index is 1.80. The highest BCUT2D eigenvalue weighted by atomic mass is 32.2. The topological polar surface area (TPSA) is 52.8 Å². The summed E-state index contributed by atoms with van der Waals surface area (Å²) in [5, 5.41) is 13.4. The van der Waals surface area contributed by atoms with E-state index in [9.17, 15) is 0 Å². The molecule has 1 heterocycles. The summed E-state index contributed by atoms with van der Waals surface area (Å²) in [5.74, 6) is 0. The maximum Gasteiger partial charge on any atom is 0.209 e. The normalized spacial score (nSPS) is 17.6. The molecule has 1 aromatic rings. The molecule has 1 aliphatic carbocycles. The average Bonchev–Trinajstić information content (AvgIpc) is 3.01. The summed E-state index contributed by atoms with van der Waals surface area (Å²) in [6.45, 7) is 3.05. The van der Waals surface area contributed by atoms with Gasteiger partial charge in [0.2, 0.25) is 5.16 Å². The highest BCUT2D eigenvalue weighted by molar-refractivity contribution is 7.99. The number of hydrogen-bond donors (Lipinski definition) is 0. The quantitative estimate of drug-likeness (QED) is 0.540. The smallest absolute Gasteiger partial charge is 0.209 e. The van der Waals surface area contributed by atoms with E-state index in [0.29, 0.717) is 11.3 Å². The van der Waals surface area contributed by atoms with Crippen LogP contribution in [0, 0.1) is 0 Å². The van der Waals surface area contributed by atoms with E-state index in [1.165, 1.54) is 12.8 Å². The molecule has 0 radical (unpaired) electrons. The number of tetrazole rings is 1. The summed E-state index contributed by atoms with van der Waals surface area (Å²) in [6.07, 6.45) is 4.67. The summed E-state index contributed by atoms with van der Waals surface area (Å²) in [6, 6.07) is 0.559. The summed E-state index contributed by atoms with van der Waals surface area (Å²) in [5.41, 5.74) is 0. The third kappa shape index (κ3) is 3.18. The molecule has 0 spiro atoms. The number of nitrogens with zero attached hydrogens (tertiary/aromatic N) is 4. The van der Waals surface area contributed by atoms with Gasteiger partial charge >= 0.3 is 0 Å². The van der Waals surface area contributed by atoms with E-state index in [4.69, 9.17) is 4.74 Å². The number of aromatic nitrogens is 4. The first-order valence-corrected chi connectivity index (χ1v) is 6.62. The van der Waals surface area contributed by atoms with Crippen LogP contribution in [0.3, 0.4) is 0 Å². The lowest BCUT2D eigenvalue weighted by Gasteiger charge is -2.09. The van der Waals surface area contributed by atoms with Crippen molar-refractivity contribution in [1.29, 1.82) is 0 Å². The first kappa shape index (κ1) is 11.9. The Hall–Kier alpha value is -0.620. The van der Waals surface area contributed by atoms with Crippen LogP contribution in [0.1, 0.15) is 38.6 Å². The summed E-state index contributed by atoms with van der Waals surface area (Å²) in [7, 11) is 1.74. The molecule has 90 valence electrons. The van der Waals surface area contributed by atoms with Crippen molar-refractivity contribution >= 4 is 11.8 Å². The average molecular weight is 242 g/mol. The van der Waals surface area contributed by atoms with Crippen molar-refractivity contribution in [2.24, 2.45) is 0 Å². The van der Waals surface area contributed by atoms with Crippen molar-refractivity contribution in [3.8, 4) is 0 Å². The van der Waals surface area contributed by atoms with E-state index in [1.807, 2.05) is 4.68 Å². The van der Waals surface area contributed by atoms with E-state index in [1.54, 1.807) is 18.9 Å². The van der Waals surface area contributed by atoms with Gasteiger partial charge in [0.1, 0.15) is 0 Å². The molecule has 1 aromatic heterocycles. The van der Waals surface area contributed by atoms with Crippen LogP contribution in [-0.2, 0) is 4.74 Å². The van der Waals surface area contributed by atoms with Gasteiger partial charge in [-0.15, -0.1) is 5.10 Å². The van der Waals surface area contributed by atoms with E-state index >= 15 is 0 Å². The lowest BCUT2D eigenvalue weighted by molar-refractivity contribution is 0.193. The zero-order chi connectivity index (χ0) is 11.4. The highest BCUT2D eigenvalue weighted by Gasteiger charge is 2.28. The van der Waals surface area contributed by atoms with Crippen LogP contribution in [-0.4, -0.2) is 39.2 Å². The zero-order valence-electron chi connectivity index (χ0n) is 9.80. The van der Waals surface area contributed by atoms with Crippen LogP contribution in [0.15, 0.2) is 5.16 Å². The molecule has 0 aromatic carbocycles. The molecule has 0 bridgehead atoms. The maximum atomic E-state index is 5.04. The minimum Gasteiger partial charge on any atom is -0.385 e. The minimum atomic E-state index is 0.540. The summed E-state index contributed by atoms with van der Waals surface area (Å²) in [4.78, 5) is 0. The Kier molecular flexibility index (Phi) is 4.17. The van der Waals surface area contributed by atoms with Gasteiger partial charge in [0.25, 0.3) is 0 Å². The molecule has 0 N–H and O–H groups in total. The van der Waals surface area contributed by atoms with Gasteiger partial charge in [-0.2, -0.15) is 0 Å². The van der Waals surface area contributed by atoms with Gasteiger partial charge in [0.15, 0.2) is 0 Å². The molecule has 1 atom stereocenters. The third-order valence-electron chi connectivity index (χ3n) is 2.62. The van der Waals surface area contributed by atoms with Crippen LogP contribution in [0.4, 0.5) is 0 Å². The number of ether oxygens (including phenoxy) is 1. The molecule has 0 amide bonds. The largest absolute Gasteiger partial charge is 0.385 e. The van der Waals surface area contributed by atoms with Crippen LogP contribution in [0.2, 0.25) is 0 Å². The van der Waals surface area contributed by atoms with Crippen LogP contribution in [0.5, 0.6) is 0 Å². The summed E-state index contributed by atoms with van der Waals surface area (Å²) >= 11 is 1.77. The van der Waals surface area contributed by atoms with E-state index in [2.05, 4.69) is 22.4 Å². The van der Waals surface area contributed by atoms with Crippen molar-refractivity contribution in [3.63, 3.8) is 0 Å². The Labute approximate surface area is 99.9 Å². The first-order chi connectivity index (χ1) is 7.81. The molecule has 1 saturated carbocycles. The lowest BCUT2D eigenvalue weighted by atomic mass is 10.3. The first-order valence-electron chi connectivity index (χ1n) is 5.74. The van der Waals surface area contributed by atoms with Crippen molar-refractivity contribution in [1.82, 2.24) is 20.2 Å². The van der Waals surface area contributed by atoms with Gasteiger partial charge in [-0.1, -0.05) is 18.7 Å². The molecule has 2 rings (SSSR count). The zero-order valence-corrected chi connectivity index (χ0v) is 10.6. The van der Waals surface area contributed by atoms with Gasteiger partial charge in [0, 0.05) is 19.0 Å². The molecule has 1 aliphatic rings. The fourth-order valence-electron chi connectivity index (χ4n) is 1.57. The van der Waals surface area contributed by atoms with Crippen molar-refractivity contribution in [2.45, 2.75) is 49.1 Å². The number of hydrogen-bond acceptors (Lipinski definition) is 5. The molecular formula is C10H18N4OS. The molecule has 5 nitrogen and oxygen atoms in total. The van der Waals surface area contributed by atoms with Crippen molar-refractivity contribution in [3.05, 3.63) is 0 Å². The van der Waals surface area contributed by atoms with Crippen LogP contribution in [0.25, 0.3) is 0 Å². The van der Waals surface area contributed by atoms with Crippen LogP contribution < -0.4 is 0 Å². The molecule has 16 heavy (non-hydrogen) atoms. The molecule has 1 unspecified atom stereocenters. The molecule has 1 fully saturated rings. The van der Waals surface area contributed by atoms with E-state index < -0.39 is 0 Å². The Morgan fingerprint density at radius 2 is 2.38 bits per heavy atom. The number of methoxy groups -OCH3 is 1. The van der Waals surface area contributed by atoms with Gasteiger partial charge < -0.3 is 4.74 Å². The predicted molar refractivity (Wildman–Crippen MR) is 62.5 cm³/mol. The number of thioether (sulfide) groups is 1. The molecule has 0 aliphatic heterocycles. The van der Waals surface area contributed by atoms with E-state index in [0.717, 1.165) is 24.6 Å². The van der Waals surface area contributed by atoms with Gasteiger partial charge in [-0.3, -0.25) is 0 Å². The Morgan fingerprint density at radius 3 is 3.06 bits per heavy atom. The fraction of sp³-hybridized carbons (Fsp3) is 0.900. The maximum absolute atomic E-state index is 5.04. The predicted octanol–water partition coefficient (Wildman–Crippen LogP) is 1.92. The van der Waals surface area contributed by atoms with Crippen LogP contribution >= 0.6 is 11.8 Å². The minimum absolute atomic E-state index is 0.540. The summed E-state index contributed by atoms with van der Waals surface area (Å²) < 4.78 is 7.01. The Morgan fingerprint density at radius 1 is 1.56 bits per heavy atom. The highest BCUT2D eigenvalue weighted by Crippen LogP contribution is 2.37. The molecule has 6 heteroatoms. The van der Waals surface area contributed by atoms with Gasteiger partial charge in [-0.25, -0.2) is 4.68 Å². The second kappa shape index (κ2) is 5.63. The molecule has 0 saturated heterocycles. The Bertz CT molecular complexity index is 326. The second-order valence-electron chi connectivity index (χ2n) is 4.20. The second-order valence-corrected chi connectivity index (χ2v) is 5.61. The van der Waals surface area contributed by atoms with Gasteiger partial charge in [-0.05, 0) is 36.1 Å². The lowest BCUT2D eigenvalue weighted by Crippen LogP contribution is -2.04. The van der Waals surface area contributed by atoms with E-state index in [-0.39, 0.29) is 0 Å². The fourth-order valence-corrected chi connectivity index (χ4v) is 2.59. The van der Waals surface area contributed by atoms with Crippen molar-refractivity contribution < 1.29 is 4.74 Å². The standard InChI is InChI=1S/C10H18N4OS/c1-8(4-3-7-15-2)16-10-11-12-13-14(10)9-5-6-9/h8-9H,3-7H2,1-2H3. The number of rotatable bonds is 7. The third-order valence-corrected chi connectivity index (χ3v) is 3.74. The molecular weight excluding hydrogens is 224 g/mol. The van der Waals surface area contributed by atoms with Gasteiger partial charge in [0.05, 0.1) is 6.04 Å².